The van der Waals surface area contributed by atoms with E-state index in [4.69, 9.17) is 9.26 Å². The van der Waals surface area contributed by atoms with Crippen LogP contribution in [-0.4, -0.2) is 41.3 Å². The monoisotopic (exact) mass is 280 g/mol. The maximum Gasteiger partial charge on any atom is 0.223 e. The molecule has 1 aromatic heterocycles. The molecule has 0 saturated carbocycles. The molecule has 1 atom stereocenters. The molecule has 1 fully saturated rings. The van der Waals surface area contributed by atoms with Crippen molar-refractivity contribution in [1.82, 2.24) is 10.1 Å². The number of nitrogens with zero attached hydrogens (tertiary/aromatic N) is 2. The summed E-state index contributed by atoms with van der Waals surface area (Å²) in [6, 6.07) is 0. The van der Waals surface area contributed by atoms with Crippen LogP contribution >= 0.6 is 0 Å². The average molecular weight is 280 g/mol. The van der Waals surface area contributed by atoms with Crippen molar-refractivity contribution >= 4 is 5.91 Å². The van der Waals surface area contributed by atoms with Crippen LogP contribution in [-0.2, 0) is 16.0 Å². The number of aryl methyl sites for hydroxylation is 2. The molecular weight excluding hydrogens is 256 g/mol. The molecule has 5 nitrogen and oxygen atoms in total. The lowest BCUT2D eigenvalue weighted by Crippen LogP contribution is -2.57. The van der Waals surface area contributed by atoms with E-state index in [9.17, 15) is 4.79 Å². The second kappa shape index (κ2) is 5.95. The van der Waals surface area contributed by atoms with Crippen molar-refractivity contribution in [2.75, 3.05) is 19.8 Å². The van der Waals surface area contributed by atoms with Crippen molar-refractivity contribution in [3.63, 3.8) is 0 Å². The molecule has 2 heterocycles. The SMILES string of the molecule is CCC1(C)COCCN1C(=O)CCc1c(C)noc1C. The highest BCUT2D eigenvalue weighted by Gasteiger charge is 2.36. The van der Waals surface area contributed by atoms with Gasteiger partial charge in [-0.05, 0) is 33.6 Å². The standard InChI is InChI=1S/C15H24N2O3/c1-5-15(4)10-19-9-8-17(15)14(18)7-6-13-11(2)16-20-12(13)3/h5-10H2,1-4H3. The molecule has 0 aromatic carbocycles. The summed E-state index contributed by atoms with van der Waals surface area (Å²) in [6.07, 6.45) is 2.10. The third-order valence-corrected chi connectivity index (χ3v) is 4.36. The van der Waals surface area contributed by atoms with E-state index in [1.165, 1.54) is 0 Å². The highest BCUT2D eigenvalue weighted by Crippen LogP contribution is 2.25. The van der Waals surface area contributed by atoms with Crippen LogP contribution in [0.15, 0.2) is 4.52 Å². The molecule has 1 unspecified atom stereocenters. The first-order chi connectivity index (χ1) is 9.48. The number of carbonyl (C=O) groups excluding carboxylic acids is 1. The van der Waals surface area contributed by atoms with E-state index in [2.05, 4.69) is 19.0 Å². The molecule has 112 valence electrons. The minimum Gasteiger partial charge on any atom is -0.377 e. The second-order valence-electron chi connectivity index (χ2n) is 5.75. The van der Waals surface area contributed by atoms with Gasteiger partial charge in [0, 0.05) is 18.5 Å². The fraction of sp³-hybridized carbons (Fsp3) is 0.733. The zero-order valence-electron chi connectivity index (χ0n) is 12.9. The molecule has 0 N–H and O–H groups in total. The minimum atomic E-state index is -0.173. The van der Waals surface area contributed by atoms with Crippen LogP contribution in [0, 0.1) is 13.8 Å². The molecule has 20 heavy (non-hydrogen) atoms. The summed E-state index contributed by atoms with van der Waals surface area (Å²) in [5.41, 5.74) is 1.77. The lowest BCUT2D eigenvalue weighted by molar-refractivity contribution is -0.148. The van der Waals surface area contributed by atoms with Crippen LogP contribution in [0.2, 0.25) is 0 Å². The molecule has 0 spiro atoms. The van der Waals surface area contributed by atoms with Gasteiger partial charge in [-0.15, -0.1) is 0 Å². The van der Waals surface area contributed by atoms with Crippen molar-refractivity contribution in [2.45, 2.75) is 52.5 Å². The minimum absolute atomic E-state index is 0.173. The third-order valence-electron chi connectivity index (χ3n) is 4.36. The number of hydrogen-bond donors (Lipinski definition) is 0. The van der Waals surface area contributed by atoms with Gasteiger partial charge in [-0.2, -0.15) is 0 Å². The normalized spacial score (nSPS) is 23.1. The molecule has 2 rings (SSSR count). The first-order valence-electron chi connectivity index (χ1n) is 7.28. The Kier molecular flexibility index (Phi) is 4.48. The van der Waals surface area contributed by atoms with Crippen molar-refractivity contribution in [2.24, 2.45) is 0 Å². The Morgan fingerprint density at radius 2 is 2.20 bits per heavy atom. The Morgan fingerprint density at radius 3 is 2.80 bits per heavy atom. The predicted molar refractivity (Wildman–Crippen MR) is 75.5 cm³/mol. The van der Waals surface area contributed by atoms with Gasteiger partial charge in [-0.1, -0.05) is 12.1 Å². The average Bonchev–Trinajstić information content (AvgIpc) is 2.76. The fourth-order valence-electron chi connectivity index (χ4n) is 2.74. The third kappa shape index (κ3) is 2.87. The Morgan fingerprint density at radius 1 is 1.45 bits per heavy atom. The van der Waals surface area contributed by atoms with E-state index < -0.39 is 0 Å². The summed E-state index contributed by atoms with van der Waals surface area (Å²) in [5, 5.41) is 3.93. The summed E-state index contributed by atoms with van der Waals surface area (Å²) in [4.78, 5) is 14.5. The molecule has 1 saturated heterocycles. The molecule has 0 radical (unpaired) electrons. The summed E-state index contributed by atoms with van der Waals surface area (Å²) < 4.78 is 10.7. The van der Waals surface area contributed by atoms with Gasteiger partial charge in [0.1, 0.15) is 5.76 Å². The van der Waals surface area contributed by atoms with E-state index in [0.717, 1.165) is 23.4 Å². The number of morpholine rings is 1. The molecule has 5 heteroatoms. The molecular formula is C15H24N2O3. The lowest BCUT2D eigenvalue weighted by Gasteiger charge is -2.44. The summed E-state index contributed by atoms with van der Waals surface area (Å²) in [6.45, 7) is 9.95. The molecule has 1 aliphatic rings. The van der Waals surface area contributed by atoms with Gasteiger partial charge in [0.2, 0.25) is 5.91 Å². The molecule has 0 aliphatic carbocycles. The zero-order valence-corrected chi connectivity index (χ0v) is 12.9. The summed E-state index contributed by atoms with van der Waals surface area (Å²) in [7, 11) is 0. The topological polar surface area (TPSA) is 55.6 Å². The van der Waals surface area contributed by atoms with Crippen molar-refractivity contribution in [3.05, 3.63) is 17.0 Å². The first-order valence-corrected chi connectivity index (χ1v) is 7.28. The fourth-order valence-corrected chi connectivity index (χ4v) is 2.74. The van der Waals surface area contributed by atoms with E-state index in [-0.39, 0.29) is 11.4 Å². The first kappa shape index (κ1) is 15.0. The Bertz CT molecular complexity index is 464. The van der Waals surface area contributed by atoms with Crippen LogP contribution in [0.1, 0.15) is 43.7 Å². The maximum atomic E-state index is 12.5. The highest BCUT2D eigenvalue weighted by molar-refractivity contribution is 5.77. The van der Waals surface area contributed by atoms with E-state index in [1.54, 1.807) is 0 Å². The van der Waals surface area contributed by atoms with Gasteiger partial charge < -0.3 is 14.2 Å². The van der Waals surface area contributed by atoms with E-state index >= 15 is 0 Å². The van der Waals surface area contributed by atoms with Crippen LogP contribution in [0.3, 0.4) is 0 Å². The van der Waals surface area contributed by atoms with Crippen molar-refractivity contribution in [3.8, 4) is 0 Å². The van der Waals surface area contributed by atoms with Gasteiger partial charge in [0.05, 0.1) is 24.4 Å². The quantitative estimate of drug-likeness (QED) is 0.849. The molecule has 0 bridgehead atoms. The molecule has 1 aromatic rings. The number of amides is 1. The van der Waals surface area contributed by atoms with Gasteiger partial charge in [0.25, 0.3) is 0 Å². The number of carbonyl (C=O) groups is 1. The smallest absolute Gasteiger partial charge is 0.223 e. The van der Waals surface area contributed by atoms with Crippen LogP contribution in [0.25, 0.3) is 0 Å². The number of ether oxygens (including phenoxy) is 1. The zero-order chi connectivity index (χ0) is 14.8. The van der Waals surface area contributed by atoms with Crippen molar-refractivity contribution < 1.29 is 14.1 Å². The Balaban J connectivity index is 2.01. The highest BCUT2D eigenvalue weighted by atomic mass is 16.5. The molecule has 1 amide bonds. The molecule has 1 aliphatic heterocycles. The summed E-state index contributed by atoms with van der Waals surface area (Å²) in [5.74, 6) is 1.01. The Labute approximate surface area is 120 Å². The van der Waals surface area contributed by atoms with Gasteiger partial charge >= 0.3 is 0 Å². The van der Waals surface area contributed by atoms with E-state index in [0.29, 0.717) is 32.6 Å². The number of aromatic nitrogens is 1. The van der Waals surface area contributed by atoms with Gasteiger partial charge in [-0.3, -0.25) is 4.79 Å². The van der Waals surface area contributed by atoms with E-state index in [1.807, 2.05) is 18.7 Å². The van der Waals surface area contributed by atoms with Crippen LogP contribution in [0.4, 0.5) is 0 Å². The Hall–Kier alpha value is -1.36. The van der Waals surface area contributed by atoms with Gasteiger partial charge in [0.15, 0.2) is 0 Å². The van der Waals surface area contributed by atoms with Crippen LogP contribution in [0.5, 0.6) is 0 Å². The lowest BCUT2D eigenvalue weighted by atomic mass is 9.95. The second-order valence-corrected chi connectivity index (χ2v) is 5.75. The maximum absolute atomic E-state index is 12.5. The van der Waals surface area contributed by atoms with Gasteiger partial charge in [-0.25, -0.2) is 0 Å². The predicted octanol–water partition coefficient (Wildman–Crippen LogP) is 2.25. The largest absolute Gasteiger partial charge is 0.377 e. The summed E-state index contributed by atoms with van der Waals surface area (Å²) >= 11 is 0. The van der Waals surface area contributed by atoms with Crippen LogP contribution < -0.4 is 0 Å². The number of rotatable bonds is 4. The van der Waals surface area contributed by atoms with Crippen molar-refractivity contribution in [1.29, 1.82) is 0 Å². The number of hydrogen-bond acceptors (Lipinski definition) is 4.